The third kappa shape index (κ3) is 3.88. The Morgan fingerprint density at radius 2 is 1.85 bits per heavy atom. The molecule has 0 aliphatic carbocycles. The summed E-state index contributed by atoms with van der Waals surface area (Å²) in [6.07, 6.45) is -4.50. The van der Waals surface area contributed by atoms with Crippen molar-refractivity contribution in [3.8, 4) is 5.69 Å². The summed E-state index contributed by atoms with van der Waals surface area (Å²) < 4.78 is 39.6. The summed E-state index contributed by atoms with van der Waals surface area (Å²) in [6, 6.07) is 9.36. The van der Waals surface area contributed by atoms with Gasteiger partial charge in [0.05, 0.1) is 17.8 Å². The van der Waals surface area contributed by atoms with Crippen molar-refractivity contribution in [2.75, 3.05) is 0 Å². The van der Waals surface area contributed by atoms with Crippen molar-refractivity contribution in [3.63, 3.8) is 0 Å². The summed E-state index contributed by atoms with van der Waals surface area (Å²) >= 11 is 0. The number of benzene rings is 2. The normalized spacial score (nSPS) is 18.5. The number of hydrogen-bond acceptors (Lipinski definition) is 6. The van der Waals surface area contributed by atoms with Gasteiger partial charge >= 0.3 is 12.2 Å². The molecule has 1 atom stereocenters. The Labute approximate surface area is 184 Å². The van der Waals surface area contributed by atoms with E-state index in [2.05, 4.69) is 20.8 Å². The first kappa shape index (κ1) is 21.9. The average molecular weight is 459 g/mol. The molecule has 4 amide bonds. The van der Waals surface area contributed by atoms with Gasteiger partial charge in [0.1, 0.15) is 5.54 Å². The molecular formula is C20H16F3N7O3. The molecule has 10 nitrogen and oxygen atoms in total. The number of nitrogens with two attached hydrogens (primary N) is 1. The molecule has 2 heterocycles. The second-order valence-corrected chi connectivity index (χ2v) is 7.44. The summed E-state index contributed by atoms with van der Waals surface area (Å²) in [6.45, 7) is 1.13. The van der Waals surface area contributed by atoms with E-state index < -0.39 is 35.1 Å². The van der Waals surface area contributed by atoms with E-state index in [1.54, 1.807) is 6.07 Å². The first-order valence-electron chi connectivity index (χ1n) is 9.50. The number of tetrazole rings is 1. The van der Waals surface area contributed by atoms with E-state index >= 15 is 0 Å². The molecule has 4 rings (SSSR count). The fourth-order valence-electron chi connectivity index (χ4n) is 3.46. The van der Waals surface area contributed by atoms with Crippen LogP contribution < -0.4 is 11.1 Å². The van der Waals surface area contributed by atoms with Crippen LogP contribution >= 0.6 is 0 Å². The van der Waals surface area contributed by atoms with Crippen LogP contribution in [0, 0.1) is 0 Å². The Balaban J connectivity index is 1.61. The minimum absolute atomic E-state index is 0.0494. The van der Waals surface area contributed by atoms with E-state index in [0.717, 1.165) is 21.7 Å². The fraction of sp³-hybridized carbons (Fsp3) is 0.200. The Morgan fingerprint density at radius 3 is 2.48 bits per heavy atom. The van der Waals surface area contributed by atoms with Crippen LogP contribution in [-0.4, -0.2) is 43.0 Å². The maximum atomic E-state index is 13.2. The number of amides is 4. The summed E-state index contributed by atoms with van der Waals surface area (Å²) in [7, 11) is 0. The molecule has 1 saturated heterocycles. The molecule has 1 aromatic heterocycles. The van der Waals surface area contributed by atoms with E-state index in [1.807, 2.05) is 0 Å². The maximum absolute atomic E-state index is 13.2. The van der Waals surface area contributed by atoms with Gasteiger partial charge in [0.15, 0.2) is 5.82 Å². The number of primary amides is 1. The number of hydrogen-bond donors (Lipinski definition) is 2. The van der Waals surface area contributed by atoms with Gasteiger partial charge in [-0.3, -0.25) is 14.5 Å². The Morgan fingerprint density at radius 1 is 1.15 bits per heavy atom. The van der Waals surface area contributed by atoms with Crippen LogP contribution in [0.25, 0.3) is 5.69 Å². The molecule has 170 valence electrons. The lowest BCUT2D eigenvalue weighted by Gasteiger charge is -2.22. The summed E-state index contributed by atoms with van der Waals surface area (Å²) in [5.41, 5.74) is 3.71. The third-order valence-corrected chi connectivity index (χ3v) is 5.27. The van der Waals surface area contributed by atoms with Crippen LogP contribution in [-0.2, 0) is 23.1 Å². The minimum Gasteiger partial charge on any atom is -0.366 e. The third-order valence-electron chi connectivity index (χ3n) is 5.27. The number of halogens is 3. The highest BCUT2D eigenvalue weighted by Crippen LogP contribution is 2.31. The summed E-state index contributed by atoms with van der Waals surface area (Å²) in [5, 5.41) is 13.6. The summed E-state index contributed by atoms with van der Waals surface area (Å²) in [4.78, 5) is 38.2. The van der Waals surface area contributed by atoms with E-state index in [1.165, 1.54) is 37.3 Å². The Kier molecular flexibility index (Phi) is 5.11. The van der Waals surface area contributed by atoms with E-state index in [4.69, 9.17) is 5.73 Å². The van der Waals surface area contributed by atoms with Crippen LogP contribution in [0.1, 0.15) is 34.2 Å². The largest absolute Gasteiger partial charge is 0.416 e. The van der Waals surface area contributed by atoms with Crippen molar-refractivity contribution in [2.24, 2.45) is 5.73 Å². The molecule has 13 heteroatoms. The van der Waals surface area contributed by atoms with Crippen LogP contribution in [0.3, 0.4) is 0 Å². The Bertz CT molecular complexity index is 1260. The molecule has 33 heavy (non-hydrogen) atoms. The van der Waals surface area contributed by atoms with Crippen molar-refractivity contribution >= 4 is 17.8 Å². The lowest BCUT2D eigenvalue weighted by molar-refractivity contribution is -0.137. The molecule has 0 spiro atoms. The van der Waals surface area contributed by atoms with Crippen molar-refractivity contribution < 1.29 is 27.6 Å². The zero-order valence-corrected chi connectivity index (χ0v) is 17.0. The van der Waals surface area contributed by atoms with Gasteiger partial charge < -0.3 is 11.1 Å². The number of urea groups is 1. The zero-order valence-electron chi connectivity index (χ0n) is 17.0. The number of alkyl halides is 3. The minimum atomic E-state index is -4.50. The summed E-state index contributed by atoms with van der Waals surface area (Å²) in [5.74, 6) is -1.27. The van der Waals surface area contributed by atoms with Crippen molar-refractivity contribution in [1.82, 2.24) is 30.4 Å². The first-order valence-corrected chi connectivity index (χ1v) is 9.50. The molecule has 1 fully saturated rings. The molecule has 1 aliphatic heterocycles. The van der Waals surface area contributed by atoms with Gasteiger partial charge in [0.25, 0.3) is 5.91 Å². The topological polar surface area (TPSA) is 136 Å². The maximum Gasteiger partial charge on any atom is 0.416 e. The number of carbonyl (C=O) groups is 3. The van der Waals surface area contributed by atoms with E-state index in [-0.39, 0.29) is 23.6 Å². The molecule has 1 aliphatic rings. The van der Waals surface area contributed by atoms with Gasteiger partial charge in [0, 0.05) is 5.56 Å². The Hall–Kier alpha value is -4.29. The molecule has 0 bridgehead atoms. The molecule has 3 aromatic rings. The highest BCUT2D eigenvalue weighted by molar-refractivity contribution is 6.07. The number of nitrogens with zero attached hydrogens (tertiary/aromatic N) is 5. The number of rotatable bonds is 5. The molecule has 3 N–H and O–H groups in total. The monoisotopic (exact) mass is 459 g/mol. The van der Waals surface area contributed by atoms with Crippen LogP contribution in [0.4, 0.5) is 18.0 Å². The lowest BCUT2D eigenvalue weighted by Crippen LogP contribution is -2.41. The number of nitrogens with one attached hydrogen (secondary N) is 1. The van der Waals surface area contributed by atoms with Gasteiger partial charge in [-0.2, -0.15) is 17.9 Å². The quantitative estimate of drug-likeness (QED) is 0.558. The van der Waals surface area contributed by atoms with E-state index in [9.17, 15) is 27.6 Å². The highest BCUT2D eigenvalue weighted by Gasteiger charge is 2.49. The van der Waals surface area contributed by atoms with E-state index in [0.29, 0.717) is 5.56 Å². The standard InChI is InChI=1S/C20H16F3N7O3/c1-19(13-4-2-3-11(9-13)16(24)31)17(32)29(18(33)25-19)10-15-26-27-28-30(15)14-7-5-12(6-8-14)20(21,22)23/h2-9H,10H2,1H3,(H2,24,31)(H,25,33). The van der Waals surface area contributed by atoms with Crippen LogP contribution in [0.2, 0.25) is 0 Å². The molecule has 1 unspecified atom stereocenters. The predicted molar refractivity (Wildman–Crippen MR) is 106 cm³/mol. The molecule has 0 saturated carbocycles. The second kappa shape index (κ2) is 7.69. The molecule has 0 radical (unpaired) electrons. The van der Waals surface area contributed by atoms with Gasteiger partial charge in [-0.05, 0) is 59.3 Å². The van der Waals surface area contributed by atoms with Crippen molar-refractivity contribution in [1.29, 1.82) is 0 Å². The van der Waals surface area contributed by atoms with Gasteiger partial charge in [-0.25, -0.2) is 4.79 Å². The van der Waals surface area contributed by atoms with Crippen LogP contribution in [0.5, 0.6) is 0 Å². The van der Waals surface area contributed by atoms with Crippen molar-refractivity contribution in [3.05, 3.63) is 71.0 Å². The number of carbonyl (C=O) groups excluding carboxylic acids is 3. The van der Waals surface area contributed by atoms with Gasteiger partial charge in [-0.15, -0.1) is 5.10 Å². The molecule has 2 aromatic carbocycles. The van der Waals surface area contributed by atoms with Gasteiger partial charge in [-0.1, -0.05) is 12.1 Å². The predicted octanol–water partition coefficient (Wildman–Crippen LogP) is 1.75. The van der Waals surface area contributed by atoms with Crippen molar-refractivity contribution in [2.45, 2.75) is 25.2 Å². The lowest BCUT2D eigenvalue weighted by atomic mass is 9.90. The molecular weight excluding hydrogens is 443 g/mol. The highest BCUT2D eigenvalue weighted by atomic mass is 19.4. The SMILES string of the molecule is CC1(c2cccc(C(N)=O)c2)NC(=O)N(Cc2nnnn2-c2ccc(C(F)(F)F)cc2)C1=O. The number of imide groups is 1. The smallest absolute Gasteiger partial charge is 0.366 e. The van der Waals surface area contributed by atoms with Gasteiger partial charge in [0.2, 0.25) is 5.91 Å². The fourth-order valence-corrected chi connectivity index (χ4v) is 3.46. The van der Waals surface area contributed by atoms with Crippen LogP contribution in [0.15, 0.2) is 48.5 Å². The average Bonchev–Trinajstić information content (AvgIpc) is 3.32. The zero-order chi connectivity index (χ0) is 24.0. The first-order chi connectivity index (χ1) is 15.5. The number of aromatic nitrogens is 4. The second-order valence-electron chi connectivity index (χ2n) is 7.44.